The third-order valence-corrected chi connectivity index (χ3v) is 7.90. The molecular formula is C28H39N5O6. The number of hydrogen-bond donors (Lipinski definition) is 4. The SMILES string of the molecule is CN[C@@H](C)C(=O)N[C@H]1CCCC[C@H]2CC[C@@H](C(=O)NCc3cccc(C(=O)NC[C@@H]4CCC(=O)O4)c3)N2C1=O. The van der Waals surface area contributed by atoms with Crippen LogP contribution in [0.2, 0.25) is 0 Å². The second kappa shape index (κ2) is 13.1. The number of rotatable bonds is 9. The van der Waals surface area contributed by atoms with E-state index in [0.717, 1.165) is 31.2 Å². The lowest BCUT2D eigenvalue weighted by Crippen LogP contribution is -2.57. The van der Waals surface area contributed by atoms with E-state index in [4.69, 9.17) is 4.74 Å². The molecule has 3 fully saturated rings. The van der Waals surface area contributed by atoms with Crippen molar-refractivity contribution in [2.24, 2.45) is 0 Å². The molecule has 0 aromatic heterocycles. The van der Waals surface area contributed by atoms with Gasteiger partial charge in [-0.3, -0.25) is 24.0 Å². The molecule has 3 aliphatic rings. The fourth-order valence-corrected chi connectivity index (χ4v) is 5.52. The van der Waals surface area contributed by atoms with Crippen molar-refractivity contribution >= 4 is 29.6 Å². The Kier molecular flexibility index (Phi) is 9.55. The monoisotopic (exact) mass is 541 g/mol. The quantitative estimate of drug-likeness (QED) is 0.338. The van der Waals surface area contributed by atoms with E-state index in [1.54, 1.807) is 37.1 Å². The van der Waals surface area contributed by atoms with Crippen molar-refractivity contribution < 1.29 is 28.7 Å². The van der Waals surface area contributed by atoms with Crippen LogP contribution < -0.4 is 21.3 Å². The summed E-state index contributed by atoms with van der Waals surface area (Å²) in [5, 5.41) is 11.5. The molecule has 5 atom stereocenters. The zero-order valence-corrected chi connectivity index (χ0v) is 22.7. The van der Waals surface area contributed by atoms with Crippen molar-refractivity contribution in [3.8, 4) is 0 Å². The molecule has 0 saturated carbocycles. The highest BCUT2D eigenvalue weighted by atomic mass is 16.5. The maximum atomic E-state index is 13.5. The number of nitrogens with zero attached hydrogens (tertiary/aromatic N) is 1. The topological polar surface area (TPSA) is 146 Å². The summed E-state index contributed by atoms with van der Waals surface area (Å²) in [5.74, 6) is -1.20. The van der Waals surface area contributed by atoms with Gasteiger partial charge in [0.05, 0.1) is 12.6 Å². The van der Waals surface area contributed by atoms with Crippen LogP contribution in [0.15, 0.2) is 24.3 Å². The number of esters is 1. The third kappa shape index (κ3) is 7.14. The van der Waals surface area contributed by atoms with Crippen LogP contribution in [0.3, 0.4) is 0 Å². The molecule has 0 radical (unpaired) electrons. The van der Waals surface area contributed by atoms with Gasteiger partial charge in [0.2, 0.25) is 17.7 Å². The van der Waals surface area contributed by atoms with Gasteiger partial charge in [0.1, 0.15) is 18.2 Å². The fourth-order valence-electron chi connectivity index (χ4n) is 5.52. The third-order valence-electron chi connectivity index (χ3n) is 7.90. The van der Waals surface area contributed by atoms with Gasteiger partial charge in [-0.25, -0.2) is 0 Å². The predicted molar refractivity (Wildman–Crippen MR) is 142 cm³/mol. The van der Waals surface area contributed by atoms with E-state index in [9.17, 15) is 24.0 Å². The summed E-state index contributed by atoms with van der Waals surface area (Å²) in [6, 6.07) is 5.29. The first kappa shape index (κ1) is 28.5. The number of carbonyl (C=O) groups is 5. The smallest absolute Gasteiger partial charge is 0.306 e. The van der Waals surface area contributed by atoms with Crippen LogP contribution in [0.25, 0.3) is 0 Å². The predicted octanol–water partition coefficient (Wildman–Crippen LogP) is 0.765. The Hall–Kier alpha value is -3.47. The van der Waals surface area contributed by atoms with E-state index >= 15 is 0 Å². The number of nitrogens with one attached hydrogen (secondary N) is 4. The number of carbonyl (C=O) groups excluding carboxylic acids is 5. The van der Waals surface area contributed by atoms with Crippen molar-refractivity contribution in [2.75, 3.05) is 13.6 Å². The molecule has 4 amide bonds. The first-order valence-corrected chi connectivity index (χ1v) is 13.9. The normalized spacial score (nSPS) is 25.6. The Balaban J connectivity index is 1.35. The van der Waals surface area contributed by atoms with E-state index < -0.39 is 18.1 Å². The number of amides is 4. The van der Waals surface area contributed by atoms with Gasteiger partial charge in [0.25, 0.3) is 5.91 Å². The maximum absolute atomic E-state index is 13.5. The highest BCUT2D eigenvalue weighted by molar-refractivity contribution is 5.95. The standard InChI is InChI=1S/C28H39N5O6/c1-17(29-2)25(35)32-22-9-4-3-8-20-10-12-23(33(20)28(22)38)27(37)30-15-18-6-5-7-19(14-18)26(36)31-16-21-11-13-24(34)39-21/h5-7,14,17,20-23,29H,3-4,8-13,15-16H2,1-2H3,(H,30,37)(H,31,36)(H,32,35)/t17-,20-,21-,22-,23-/m0/s1. The number of cyclic esters (lactones) is 1. The molecule has 0 aliphatic carbocycles. The van der Waals surface area contributed by atoms with Crippen LogP contribution in [0.4, 0.5) is 0 Å². The van der Waals surface area contributed by atoms with E-state index in [1.807, 2.05) is 6.07 Å². The maximum Gasteiger partial charge on any atom is 0.306 e. The first-order valence-electron chi connectivity index (χ1n) is 13.9. The highest BCUT2D eigenvalue weighted by Gasteiger charge is 2.43. The minimum atomic E-state index is -0.646. The molecule has 1 aromatic carbocycles. The van der Waals surface area contributed by atoms with E-state index in [2.05, 4.69) is 21.3 Å². The lowest BCUT2D eigenvalue weighted by Gasteiger charge is -2.35. The van der Waals surface area contributed by atoms with Gasteiger partial charge in [-0.1, -0.05) is 25.0 Å². The van der Waals surface area contributed by atoms with Crippen LogP contribution in [0.5, 0.6) is 0 Å². The van der Waals surface area contributed by atoms with Crippen molar-refractivity contribution in [3.63, 3.8) is 0 Å². The number of hydrogen-bond acceptors (Lipinski definition) is 7. The molecule has 11 heteroatoms. The highest BCUT2D eigenvalue weighted by Crippen LogP contribution is 2.31. The molecule has 0 spiro atoms. The molecule has 4 rings (SSSR count). The lowest BCUT2D eigenvalue weighted by molar-refractivity contribution is -0.144. The van der Waals surface area contributed by atoms with Gasteiger partial charge in [-0.2, -0.15) is 0 Å². The average Bonchev–Trinajstić information content (AvgIpc) is 3.55. The van der Waals surface area contributed by atoms with Crippen LogP contribution in [0, 0.1) is 0 Å². The van der Waals surface area contributed by atoms with Gasteiger partial charge < -0.3 is 30.9 Å². The molecule has 0 bridgehead atoms. The zero-order valence-electron chi connectivity index (χ0n) is 22.7. The molecular weight excluding hydrogens is 502 g/mol. The summed E-state index contributed by atoms with van der Waals surface area (Å²) >= 11 is 0. The molecule has 3 saturated heterocycles. The number of benzene rings is 1. The summed E-state index contributed by atoms with van der Waals surface area (Å²) < 4.78 is 5.13. The molecule has 0 unspecified atom stereocenters. The zero-order chi connectivity index (χ0) is 27.9. The lowest BCUT2D eigenvalue weighted by atomic mass is 9.98. The van der Waals surface area contributed by atoms with Crippen molar-refractivity contribution in [2.45, 2.75) is 95.1 Å². The largest absolute Gasteiger partial charge is 0.460 e. The van der Waals surface area contributed by atoms with Crippen LogP contribution in [-0.4, -0.2) is 78.4 Å². The summed E-state index contributed by atoms with van der Waals surface area (Å²) in [5.41, 5.74) is 1.20. The van der Waals surface area contributed by atoms with Crippen molar-refractivity contribution in [3.05, 3.63) is 35.4 Å². The van der Waals surface area contributed by atoms with Gasteiger partial charge in [0, 0.05) is 24.6 Å². The van der Waals surface area contributed by atoms with E-state index in [-0.39, 0.29) is 54.8 Å². The van der Waals surface area contributed by atoms with Crippen molar-refractivity contribution in [1.82, 2.24) is 26.2 Å². The molecule has 3 aliphatic heterocycles. The molecule has 212 valence electrons. The second-order valence-corrected chi connectivity index (χ2v) is 10.6. The number of fused-ring (bicyclic) bond motifs is 1. The summed E-state index contributed by atoms with van der Waals surface area (Å²) in [4.78, 5) is 64.8. The molecule has 3 heterocycles. The summed E-state index contributed by atoms with van der Waals surface area (Å²) in [7, 11) is 1.69. The molecule has 1 aromatic rings. The molecule has 11 nitrogen and oxygen atoms in total. The van der Waals surface area contributed by atoms with Gasteiger partial charge >= 0.3 is 5.97 Å². The van der Waals surface area contributed by atoms with Crippen LogP contribution in [0.1, 0.15) is 74.2 Å². The number of ether oxygens (including phenoxy) is 1. The Morgan fingerprint density at radius 1 is 1.05 bits per heavy atom. The van der Waals surface area contributed by atoms with Crippen molar-refractivity contribution in [1.29, 1.82) is 0 Å². The van der Waals surface area contributed by atoms with Crippen LogP contribution >= 0.6 is 0 Å². The van der Waals surface area contributed by atoms with E-state index in [0.29, 0.717) is 31.2 Å². The van der Waals surface area contributed by atoms with E-state index in [1.165, 1.54) is 0 Å². The number of likely N-dealkylation sites (N-methyl/N-ethyl adjacent to an activating group) is 1. The second-order valence-electron chi connectivity index (χ2n) is 10.6. The summed E-state index contributed by atoms with van der Waals surface area (Å²) in [6.07, 6.45) is 5.17. The Morgan fingerprint density at radius 2 is 1.85 bits per heavy atom. The van der Waals surface area contributed by atoms with Gasteiger partial charge in [-0.05, 0) is 63.8 Å². The first-order chi connectivity index (χ1) is 18.8. The summed E-state index contributed by atoms with van der Waals surface area (Å²) in [6.45, 7) is 2.21. The molecule has 4 N–H and O–H groups in total. The minimum absolute atomic E-state index is 0.0131. The van der Waals surface area contributed by atoms with Gasteiger partial charge in [-0.15, -0.1) is 0 Å². The van der Waals surface area contributed by atoms with Gasteiger partial charge in [0.15, 0.2) is 0 Å². The Morgan fingerprint density at radius 3 is 2.59 bits per heavy atom. The molecule has 39 heavy (non-hydrogen) atoms. The average molecular weight is 542 g/mol. The Bertz CT molecular complexity index is 1090. The fraction of sp³-hybridized carbons (Fsp3) is 0.607. The minimum Gasteiger partial charge on any atom is -0.460 e. The Labute approximate surface area is 228 Å². The van der Waals surface area contributed by atoms with Crippen LogP contribution in [-0.2, 0) is 30.5 Å².